The summed E-state index contributed by atoms with van der Waals surface area (Å²) in [6.45, 7) is 6.28. The zero-order chi connectivity index (χ0) is 19.6. The van der Waals surface area contributed by atoms with Gasteiger partial charge >= 0.3 is 0 Å². The molecule has 2 rings (SSSR count). The lowest BCUT2D eigenvalue weighted by molar-refractivity contribution is 0.0957. The minimum absolute atomic E-state index is 0. The van der Waals surface area contributed by atoms with Crippen LogP contribution >= 0.6 is 35.3 Å². The fourth-order valence-electron chi connectivity index (χ4n) is 2.54. The maximum Gasteiger partial charge on any atom is 0.263 e. The van der Waals surface area contributed by atoms with Gasteiger partial charge in [-0.25, -0.2) is 4.98 Å². The van der Waals surface area contributed by atoms with Crippen molar-refractivity contribution in [3.8, 4) is 5.75 Å². The molecule has 154 valence electrons. The second-order valence-electron chi connectivity index (χ2n) is 5.93. The van der Waals surface area contributed by atoms with Gasteiger partial charge in [0.2, 0.25) is 0 Å². The Kier molecular flexibility index (Phi) is 10.8. The summed E-state index contributed by atoms with van der Waals surface area (Å²) in [5.41, 5.74) is 3.61. The minimum atomic E-state index is -0.0884. The van der Waals surface area contributed by atoms with Crippen molar-refractivity contribution in [1.82, 2.24) is 20.5 Å². The molecule has 2 aromatic rings. The van der Waals surface area contributed by atoms with Gasteiger partial charge in [0.25, 0.3) is 5.91 Å². The predicted octanol–water partition coefficient (Wildman–Crippen LogP) is 2.91. The fraction of sp³-hybridized carbons (Fsp3) is 0.421. The van der Waals surface area contributed by atoms with E-state index in [9.17, 15) is 4.79 Å². The average molecular weight is 517 g/mol. The Hall–Kier alpha value is -1.88. The standard InChI is InChI=1S/C19H27N5O2S.HI/c1-5-26-16-8-6-15(7-9-16)12-24(4)19(20-3)22-11-10-21-18(25)17-14(2)23-13-27-17;/h6-9,13H,5,10-12H2,1-4H3,(H,20,22)(H,21,25);1H. The van der Waals surface area contributed by atoms with Crippen LogP contribution in [0.2, 0.25) is 0 Å². The van der Waals surface area contributed by atoms with Crippen LogP contribution in [0.5, 0.6) is 5.75 Å². The monoisotopic (exact) mass is 517 g/mol. The third-order valence-corrected chi connectivity index (χ3v) is 4.80. The molecule has 0 spiro atoms. The third kappa shape index (κ3) is 7.27. The summed E-state index contributed by atoms with van der Waals surface area (Å²) in [6.07, 6.45) is 0. The Morgan fingerprint density at radius 2 is 1.93 bits per heavy atom. The van der Waals surface area contributed by atoms with Crippen molar-refractivity contribution in [3.63, 3.8) is 0 Å². The van der Waals surface area contributed by atoms with Crippen LogP contribution in [0.25, 0.3) is 0 Å². The lowest BCUT2D eigenvalue weighted by Crippen LogP contribution is -2.42. The van der Waals surface area contributed by atoms with Crippen LogP contribution < -0.4 is 15.4 Å². The van der Waals surface area contributed by atoms with Gasteiger partial charge in [0.05, 0.1) is 17.8 Å². The topological polar surface area (TPSA) is 78.9 Å². The molecule has 0 aliphatic heterocycles. The quantitative estimate of drug-likeness (QED) is 0.244. The SMILES string of the molecule is CCOc1ccc(CN(C)C(=NC)NCCNC(=O)c2scnc2C)cc1.I. The van der Waals surface area contributed by atoms with E-state index in [1.807, 2.05) is 50.1 Å². The number of guanidine groups is 1. The van der Waals surface area contributed by atoms with Gasteiger partial charge in [-0.2, -0.15) is 0 Å². The number of aliphatic imine (C=N–C) groups is 1. The first-order valence-electron chi connectivity index (χ1n) is 8.87. The number of rotatable bonds is 8. The highest BCUT2D eigenvalue weighted by atomic mass is 127. The molecular weight excluding hydrogens is 489 g/mol. The maximum absolute atomic E-state index is 12.1. The van der Waals surface area contributed by atoms with E-state index in [1.54, 1.807) is 12.6 Å². The number of carbonyl (C=O) groups is 1. The van der Waals surface area contributed by atoms with E-state index in [4.69, 9.17) is 4.74 Å². The minimum Gasteiger partial charge on any atom is -0.494 e. The number of aromatic nitrogens is 1. The molecule has 1 aromatic carbocycles. The number of carbonyl (C=O) groups excluding carboxylic acids is 1. The molecular formula is C19H28IN5O2S. The predicted molar refractivity (Wildman–Crippen MR) is 125 cm³/mol. The van der Waals surface area contributed by atoms with Crippen molar-refractivity contribution < 1.29 is 9.53 Å². The highest BCUT2D eigenvalue weighted by molar-refractivity contribution is 14.0. The molecule has 1 aromatic heterocycles. The van der Waals surface area contributed by atoms with Gasteiger partial charge in [-0.05, 0) is 31.5 Å². The molecule has 1 amide bonds. The number of hydrogen-bond acceptors (Lipinski definition) is 5. The largest absolute Gasteiger partial charge is 0.494 e. The average Bonchev–Trinajstić information content (AvgIpc) is 3.09. The molecule has 0 saturated carbocycles. The van der Waals surface area contributed by atoms with Crippen molar-refractivity contribution in [3.05, 3.63) is 45.9 Å². The van der Waals surface area contributed by atoms with E-state index in [0.717, 1.165) is 29.5 Å². The number of benzene rings is 1. The molecule has 28 heavy (non-hydrogen) atoms. The fourth-order valence-corrected chi connectivity index (χ4v) is 3.26. The van der Waals surface area contributed by atoms with Gasteiger partial charge < -0.3 is 20.3 Å². The Labute approximate surface area is 187 Å². The van der Waals surface area contributed by atoms with E-state index in [1.165, 1.54) is 11.3 Å². The molecule has 0 aliphatic carbocycles. The molecule has 0 atom stereocenters. The summed E-state index contributed by atoms with van der Waals surface area (Å²) in [4.78, 5) is 23.2. The first kappa shape index (κ1) is 24.2. The summed E-state index contributed by atoms with van der Waals surface area (Å²) in [6, 6.07) is 8.04. The number of hydrogen-bond donors (Lipinski definition) is 2. The molecule has 2 N–H and O–H groups in total. The van der Waals surface area contributed by atoms with Gasteiger partial charge in [-0.3, -0.25) is 9.79 Å². The molecule has 0 radical (unpaired) electrons. The first-order valence-corrected chi connectivity index (χ1v) is 9.75. The van der Waals surface area contributed by atoms with Crippen LogP contribution in [0.3, 0.4) is 0 Å². The van der Waals surface area contributed by atoms with Crippen LogP contribution in [0.15, 0.2) is 34.8 Å². The Bertz CT molecular complexity index is 764. The maximum atomic E-state index is 12.1. The lowest BCUT2D eigenvalue weighted by Gasteiger charge is -2.22. The Morgan fingerprint density at radius 3 is 2.50 bits per heavy atom. The molecule has 0 fully saturated rings. The number of halogens is 1. The summed E-state index contributed by atoms with van der Waals surface area (Å²) in [5, 5.41) is 6.15. The number of nitrogens with one attached hydrogen (secondary N) is 2. The lowest BCUT2D eigenvalue weighted by atomic mass is 10.2. The first-order chi connectivity index (χ1) is 13.0. The second kappa shape index (κ2) is 12.6. The molecule has 1 heterocycles. The van der Waals surface area contributed by atoms with Crippen LogP contribution in [0, 0.1) is 6.92 Å². The number of aryl methyl sites for hydroxylation is 1. The zero-order valence-corrected chi connectivity index (χ0v) is 19.8. The summed E-state index contributed by atoms with van der Waals surface area (Å²) in [5.74, 6) is 1.56. The Balaban J connectivity index is 0.00000392. The summed E-state index contributed by atoms with van der Waals surface area (Å²) in [7, 11) is 3.72. The van der Waals surface area contributed by atoms with Crippen molar-refractivity contribution in [2.75, 3.05) is 33.8 Å². The van der Waals surface area contributed by atoms with Crippen molar-refractivity contribution in [1.29, 1.82) is 0 Å². The molecule has 0 saturated heterocycles. The second-order valence-corrected chi connectivity index (χ2v) is 6.78. The number of thiazole rings is 1. The molecule has 0 bridgehead atoms. The van der Waals surface area contributed by atoms with E-state index in [2.05, 4.69) is 20.6 Å². The van der Waals surface area contributed by atoms with Gasteiger partial charge in [0.15, 0.2) is 5.96 Å². The number of ether oxygens (including phenoxy) is 1. The Morgan fingerprint density at radius 1 is 1.25 bits per heavy atom. The van der Waals surface area contributed by atoms with E-state index in [-0.39, 0.29) is 29.9 Å². The number of nitrogens with zero attached hydrogens (tertiary/aromatic N) is 3. The molecule has 7 nitrogen and oxygen atoms in total. The smallest absolute Gasteiger partial charge is 0.263 e. The highest BCUT2D eigenvalue weighted by Gasteiger charge is 2.11. The highest BCUT2D eigenvalue weighted by Crippen LogP contribution is 2.13. The van der Waals surface area contributed by atoms with Crippen molar-refractivity contribution >= 4 is 47.2 Å². The van der Waals surface area contributed by atoms with E-state index < -0.39 is 0 Å². The summed E-state index contributed by atoms with van der Waals surface area (Å²) < 4.78 is 5.47. The van der Waals surface area contributed by atoms with Crippen molar-refractivity contribution in [2.45, 2.75) is 20.4 Å². The van der Waals surface area contributed by atoms with Crippen LogP contribution in [0.1, 0.15) is 27.9 Å². The van der Waals surface area contributed by atoms with Gasteiger partial charge in [-0.1, -0.05) is 12.1 Å². The van der Waals surface area contributed by atoms with Crippen LogP contribution in [0.4, 0.5) is 0 Å². The van der Waals surface area contributed by atoms with Crippen molar-refractivity contribution in [2.24, 2.45) is 4.99 Å². The zero-order valence-electron chi connectivity index (χ0n) is 16.7. The van der Waals surface area contributed by atoms with Crippen LogP contribution in [-0.2, 0) is 6.54 Å². The van der Waals surface area contributed by atoms with Gasteiger partial charge in [0, 0.05) is 33.7 Å². The molecule has 0 aliphatic rings. The summed E-state index contributed by atoms with van der Waals surface area (Å²) >= 11 is 1.35. The van der Waals surface area contributed by atoms with E-state index in [0.29, 0.717) is 24.6 Å². The molecule has 9 heteroatoms. The third-order valence-electron chi connectivity index (χ3n) is 3.87. The van der Waals surface area contributed by atoms with E-state index >= 15 is 0 Å². The normalized spacial score (nSPS) is 10.8. The molecule has 0 unspecified atom stereocenters. The number of amides is 1. The van der Waals surface area contributed by atoms with Gasteiger partial charge in [0.1, 0.15) is 10.6 Å². The van der Waals surface area contributed by atoms with Crippen LogP contribution in [-0.4, -0.2) is 55.5 Å². The van der Waals surface area contributed by atoms with Gasteiger partial charge in [-0.15, -0.1) is 35.3 Å².